The van der Waals surface area contributed by atoms with Crippen LogP contribution in [0.1, 0.15) is 48.6 Å². The Morgan fingerprint density at radius 1 is 1.14 bits per heavy atom. The van der Waals surface area contributed by atoms with E-state index in [1.807, 2.05) is 0 Å². The van der Waals surface area contributed by atoms with Crippen LogP contribution in [0.5, 0.6) is 5.88 Å². The molecule has 1 amide bonds. The number of carbonyl (C=O) groups excluding carboxylic acids is 2. The van der Waals surface area contributed by atoms with Crippen molar-refractivity contribution >= 4 is 33.8 Å². The SMILES string of the molecule is C=CC(=O)N1CCN(c2c(C#N)c(OCCCC(C)=O)nc3c2CCN(c2cccc4cccc(C)c24)C3)C[C@@H]1CC#N. The van der Waals surface area contributed by atoms with Crippen LogP contribution in [0.2, 0.25) is 0 Å². The van der Waals surface area contributed by atoms with Crippen molar-refractivity contribution in [3.05, 3.63) is 71.4 Å². The molecule has 43 heavy (non-hydrogen) atoms. The smallest absolute Gasteiger partial charge is 0.246 e. The van der Waals surface area contributed by atoms with E-state index in [-0.39, 0.29) is 36.6 Å². The molecule has 2 aliphatic heterocycles. The van der Waals surface area contributed by atoms with Gasteiger partial charge < -0.3 is 24.2 Å². The standard InChI is InChI=1S/C34H36N6O3/c1-4-31(42)40-18-17-39(21-26(40)13-15-35)33-27-14-16-38(30-12-6-11-25-10-5-8-23(2)32(25)30)22-29(27)37-34(28(33)20-36)43-19-7-9-24(3)41/h4-6,8,10-12,26H,1,7,9,13-14,16-19,21-22H2,2-3H3/t26-/m0/s1. The summed E-state index contributed by atoms with van der Waals surface area (Å²) in [6.45, 7) is 10.2. The number of ether oxygens (including phenoxy) is 1. The van der Waals surface area contributed by atoms with Crippen LogP contribution in [0, 0.1) is 29.6 Å². The number of hydrogen-bond acceptors (Lipinski definition) is 8. The summed E-state index contributed by atoms with van der Waals surface area (Å²) >= 11 is 0. The van der Waals surface area contributed by atoms with Gasteiger partial charge in [0.1, 0.15) is 17.4 Å². The highest BCUT2D eigenvalue weighted by molar-refractivity contribution is 5.97. The predicted octanol–water partition coefficient (Wildman–Crippen LogP) is 4.84. The van der Waals surface area contributed by atoms with Crippen LogP contribution in [0.3, 0.4) is 0 Å². The number of nitriles is 2. The quantitative estimate of drug-likeness (QED) is 0.263. The van der Waals surface area contributed by atoms with Gasteiger partial charge in [-0.15, -0.1) is 0 Å². The molecule has 0 saturated carbocycles. The molecule has 220 valence electrons. The van der Waals surface area contributed by atoms with Crippen LogP contribution in [-0.4, -0.2) is 60.4 Å². The lowest BCUT2D eigenvalue weighted by molar-refractivity contribution is -0.128. The van der Waals surface area contributed by atoms with Gasteiger partial charge in [0.05, 0.1) is 43.1 Å². The summed E-state index contributed by atoms with van der Waals surface area (Å²) in [5, 5.41) is 22.3. The van der Waals surface area contributed by atoms with Gasteiger partial charge >= 0.3 is 0 Å². The van der Waals surface area contributed by atoms with Crippen LogP contribution in [-0.2, 0) is 22.6 Å². The van der Waals surface area contributed by atoms with Crippen molar-refractivity contribution in [1.82, 2.24) is 9.88 Å². The van der Waals surface area contributed by atoms with Crippen LogP contribution in [0.15, 0.2) is 49.1 Å². The number of ketones is 1. The van der Waals surface area contributed by atoms with Gasteiger partial charge in [-0.1, -0.05) is 36.9 Å². The molecule has 1 aromatic heterocycles. The first-order valence-electron chi connectivity index (χ1n) is 14.7. The molecule has 1 saturated heterocycles. The molecule has 9 nitrogen and oxygen atoms in total. The average molecular weight is 577 g/mol. The zero-order valence-corrected chi connectivity index (χ0v) is 24.8. The minimum Gasteiger partial charge on any atom is -0.477 e. The van der Waals surface area contributed by atoms with E-state index in [4.69, 9.17) is 9.72 Å². The molecule has 2 aromatic carbocycles. The van der Waals surface area contributed by atoms with Crippen molar-refractivity contribution in [2.24, 2.45) is 0 Å². The first-order valence-corrected chi connectivity index (χ1v) is 14.7. The second-order valence-electron chi connectivity index (χ2n) is 11.2. The maximum atomic E-state index is 12.6. The molecule has 9 heteroatoms. The van der Waals surface area contributed by atoms with Crippen LogP contribution >= 0.6 is 0 Å². The third-order valence-electron chi connectivity index (χ3n) is 8.33. The van der Waals surface area contributed by atoms with Gasteiger partial charge in [-0.3, -0.25) is 4.79 Å². The lowest BCUT2D eigenvalue weighted by Gasteiger charge is -2.43. The van der Waals surface area contributed by atoms with Gasteiger partial charge in [0.15, 0.2) is 0 Å². The third kappa shape index (κ3) is 6.03. The Hall–Kier alpha value is -4.89. The number of amides is 1. The molecular formula is C34H36N6O3. The second kappa shape index (κ2) is 13.0. The third-order valence-corrected chi connectivity index (χ3v) is 8.33. The highest BCUT2D eigenvalue weighted by Gasteiger charge is 2.35. The molecule has 0 bridgehead atoms. The number of piperazine rings is 1. The molecule has 0 radical (unpaired) electrons. The Morgan fingerprint density at radius 3 is 2.65 bits per heavy atom. The summed E-state index contributed by atoms with van der Waals surface area (Å²) < 4.78 is 6.10. The van der Waals surface area contributed by atoms with Crippen LogP contribution in [0.4, 0.5) is 11.4 Å². The summed E-state index contributed by atoms with van der Waals surface area (Å²) in [6, 6.07) is 16.9. The number of aromatic nitrogens is 1. The van der Waals surface area contributed by atoms with Gasteiger partial charge in [-0.25, -0.2) is 4.98 Å². The van der Waals surface area contributed by atoms with Crippen molar-refractivity contribution in [2.45, 2.75) is 52.1 Å². The first kappa shape index (κ1) is 29.6. The summed E-state index contributed by atoms with van der Waals surface area (Å²) in [6.07, 6.45) is 3.05. The minimum absolute atomic E-state index is 0.0831. The Balaban J connectivity index is 1.56. The highest BCUT2D eigenvalue weighted by Crippen LogP contribution is 2.40. The summed E-state index contributed by atoms with van der Waals surface area (Å²) in [5.74, 6) is 0.143. The van der Waals surface area contributed by atoms with Gasteiger partial charge in [-0.05, 0) is 49.8 Å². The highest BCUT2D eigenvalue weighted by atomic mass is 16.5. The number of nitrogens with zero attached hydrogens (tertiary/aromatic N) is 6. The number of Topliss-reactive ketones (excluding diaryl/α,β-unsaturated/α-hetero) is 1. The van der Waals surface area contributed by atoms with Gasteiger partial charge in [0.2, 0.25) is 11.8 Å². The lowest BCUT2D eigenvalue weighted by Crippen LogP contribution is -2.55. The molecule has 0 spiro atoms. The normalized spacial score (nSPS) is 16.3. The van der Waals surface area contributed by atoms with E-state index in [9.17, 15) is 20.1 Å². The fraction of sp³-hybridized carbons (Fsp3) is 0.382. The number of rotatable bonds is 9. The fourth-order valence-electron chi connectivity index (χ4n) is 6.30. The number of aryl methyl sites for hydroxylation is 1. The Kier molecular flexibility index (Phi) is 8.92. The molecule has 2 aliphatic rings. The molecule has 0 N–H and O–H groups in total. The average Bonchev–Trinajstić information content (AvgIpc) is 3.01. The van der Waals surface area contributed by atoms with Gasteiger partial charge in [-0.2, -0.15) is 10.5 Å². The Morgan fingerprint density at radius 2 is 1.93 bits per heavy atom. The molecule has 1 fully saturated rings. The zero-order valence-electron chi connectivity index (χ0n) is 24.8. The fourth-order valence-corrected chi connectivity index (χ4v) is 6.30. The molecular weight excluding hydrogens is 540 g/mol. The number of hydrogen-bond donors (Lipinski definition) is 0. The summed E-state index contributed by atoms with van der Waals surface area (Å²) in [4.78, 5) is 35.1. The Bertz CT molecular complexity index is 1650. The molecule has 0 aliphatic carbocycles. The number of pyridine rings is 1. The van der Waals surface area contributed by atoms with Gasteiger partial charge in [0.25, 0.3) is 0 Å². The molecule has 0 unspecified atom stereocenters. The van der Waals surface area contributed by atoms with E-state index in [1.54, 1.807) is 11.8 Å². The van der Waals surface area contributed by atoms with Crippen molar-refractivity contribution < 1.29 is 14.3 Å². The van der Waals surface area contributed by atoms with Crippen molar-refractivity contribution in [3.8, 4) is 18.0 Å². The number of benzene rings is 2. The minimum atomic E-state index is -0.335. The molecule has 1 atom stereocenters. The monoisotopic (exact) mass is 576 g/mol. The second-order valence-corrected chi connectivity index (χ2v) is 11.2. The van der Waals surface area contributed by atoms with E-state index in [0.717, 1.165) is 29.2 Å². The van der Waals surface area contributed by atoms with Crippen molar-refractivity contribution in [2.75, 3.05) is 42.6 Å². The Labute approximate surface area is 252 Å². The lowest BCUT2D eigenvalue weighted by atomic mass is 9.95. The summed E-state index contributed by atoms with van der Waals surface area (Å²) in [5.41, 5.74) is 5.32. The van der Waals surface area contributed by atoms with Crippen LogP contribution in [0.25, 0.3) is 10.8 Å². The summed E-state index contributed by atoms with van der Waals surface area (Å²) in [7, 11) is 0. The predicted molar refractivity (Wildman–Crippen MR) is 166 cm³/mol. The molecule has 3 aromatic rings. The van der Waals surface area contributed by atoms with Gasteiger partial charge in [0, 0.05) is 49.2 Å². The number of carbonyl (C=O) groups is 2. The number of anilines is 2. The first-order chi connectivity index (χ1) is 20.9. The van der Waals surface area contributed by atoms with E-state index in [0.29, 0.717) is 51.0 Å². The van der Waals surface area contributed by atoms with Crippen LogP contribution < -0.4 is 14.5 Å². The molecule has 5 rings (SSSR count). The maximum absolute atomic E-state index is 12.6. The van der Waals surface area contributed by atoms with E-state index >= 15 is 0 Å². The van der Waals surface area contributed by atoms with E-state index in [1.165, 1.54) is 22.4 Å². The maximum Gasteiger partial charge on any atom is 0.246 e. The largest absolute Gasteiger partial charge is 0.477 e. The molecule has 3 heterocycles. The number of fused-ring (bicyclic) bond motifs is 2. The van der Waals surface area contributed by atoms with E-state index in [2.05, 4.69) is 71.8 Å². The topological polar surface area (TPSA) is 114 Å². The van der Waals surface area contributed by atoms with E-state index < -0.39 is 0 Å². The zero-order chi connectivity index (χ0) is 30.5. The van der Waals surface area contributed by atoms with Crippen molar-refractivity contribution in [3.63, 3.8) is 0 Å². The van der Waals surface area contributed by atoms with Crippen molar-refractivity contribution in [1.29, 1.82) is 10.5 Å².